The van der Waals surface area contributed by atoms with Gasteiger partial charge >= 0.3 is 0 Å². The van der Waals surface area contributed by atoms with Gasteiger partial charge in [-0.25, -0.2) is 13.2 Å². The van der Waals surface area contributed by atoms with E-state index in [1.54, 1.807) is 37.4 Å². The lowest BCUT2D eigenvalue weighted by Gasteiger charge is -2.40. The number of rotatable bonds is 8. The highest BCUT2D eigenvalue weighted by atomic mass is 19.2. The molecule has 1 fully saturated rings. The molecule has 0 bridgehead atoms. The highest BCUT2D eigenvalue weighted by Gasteiger charge is 2.36. The van der Waals surface area contributed by atoms with E-state index >= 15 is 0 Å². The Bertz CT molecular complexity index is 1250. The second kappa shape index (κ2) is 10.7. The largest absolute Gasteiger partial charge is 0.486 e. The number of likely N-dealkylation sites (tertiary alicyclic amines) is 1. The number of nitrogens with one attached hydrogen (secondary N) is 1. The Labute approximate surface area is 207 Å². The lowest BCUT2D eigenvalue weighted by Crippen LogP contribution is -2.54. The number of carbonyl (C=O) groups excluding carboxylic acids is 1. The number of amides is 1. The van der Waals surface area contributed by atoms with E-state index in [0.29, 0.717) is 17.0 Å². The Morgan fingerprint density at radius 1 is 1.14 bits per heavy atom. The molecule has 1 aliphatic heterocycles. The summed E-state index contributed by atoms with van der Waals surface area (Å²) < 4.78 is 48.4. The third kappa shape index (κ3) is 5.37. The van der Waals surface area contributed by atoms with Crippen LogP contribution in [0.4, 0.5) is 13.2 Å². The number of ether oxygens (including phenoxy) is 1. The molecule has 1 amide bonds. The first-order valence-electron chi connectivity index (χ1n) is 11.7. The molecule has 1 aromatic heterocycles. The predicted octanol–water partition coefficient (Wildman–Crippen LogP) is 4.49. The van der Waals surface area contributed by atoms with Crippen LogP contribution in [-0.4, -0.2) is 52.7 Å². The van der Waals surface area contributed by atoms with Gasteiger partial charge in [-0.05, 0) is 56.2 Å². The molecule has 0 saturated carbocycles. The Balaban J connectivity index is 1.34. The molecule has 2 N–H and O–H groups in total. The summed E-state index contributed by atoms with van der Waals surface area (Å²) in [5, 5.41) is 11.8. The van der Waals surface area contributed by atoms with Crippen LogP contribution in [0.2, 0.25) is 0 Å². The van der Waals surface area contributed by atoms with Crippen LogP contribution in [0.1, 0.15) is 40.3 Å². The summed E-state index contributed by atoms with van der Waals surface area (Å²) in [4.78, 5) is 18.1. The number of hydrogen-bond donors (Lipinski definition) is 2. The first kappa shape index (κ1) is 25.7. The third-order valence-electron chi connectivity index (χ3n) is 6.22. The first-order valence-corrected chi connectivity index (χ1v) is 11.7. The van der Waals surface area contributed by atoms with Crippen LogP contribution >= 0.6 is 0 Å². The molecule has 3 aromatic rings. The molecule has 190 valence electrons. The first-order chi connectivity index (χ1) is 17.2. The van der Waals surface area contributed by atoms with E-state index in [9.17, 15) is 18.0 Å². The standard InChI is InChI=1S/C27H28F3N3O3/c1-15-4-7-22(25(29)24(15)28)26(30)33-12-20(13-33)36-19-6-9-23(31-11-19)18-5-8-21(16(2)10-18)27(35)32-17(3)14-34/h4-11,17,20,26,34H,12-14H2,1-3H3,(H,32,35)/t17-,26?/m1/s1. The number of carbonyl (C=O) groups is 1. The summed E-state index contributed by atoms with van der Waals surface area (Å²) in [6, 6.07) is 11.2. The van der Waals surface area contributed by atoms with Crippen molar-refractivity contribution in [1.29, 1.82) is 0 Å². The van der Waals surface area contributed by atoms with Gasteiger partial charge in [0.25, 0.3) is 5.91 Å². The maximum atomic E-state index is 14.7. The molecule has 36 heavy (non-hydrogen) atoms. The molecule has 2 heterocycles. The highest BCUT2D eigenvalue weighted by Crippen LogP contribution is 2.32. The van der Waals surface area contributed by atoms with Gasteiger partial charge in [-0.15, -0.1) is 0 Å². The summed E-state index contributed by atoms with van der Waals surface area (Å²) in [5.74, 6) is -1.93. The molecule has 9 heteroatoms. The smallest absolute Gasteiger partial charge is 0.251 e. The van der Waals surface area contributed by atoms with Crippen molar-refractivity contribution in [2.45, 2.75) is 39.2 Å². The quantitative estimate of drug-likeness (QED) is 0.447. The summed E-state index contributed by atoms with van der Waals surface area (Å²) in [5.41, 5.74) is 2.63. The lowest BCUT2D eigenvalue weighted by atomic mass is 10.0. The summed E-state index contributed by atoms with van der Waals surface area (Å²) in [6.45, 7) is 5.30. The van der Waals surface area contributed by atoms with E-state index in [0.717, 1.165) is 11.1 Å². The van der Waals surface area contributed by atoms with Gasteiger partial charge in [-0.3, -0.25) is 14.7 Å². The second-order valence-electron chi connectivity index (χ2n) is 9.10. The Hall–Kier alpha value is -3.43. The predicted molar refractivity (Wildman–Crippen MR) is 129 cm³/mol. The van der Waals surface area contributed by atoms with E-state index < -0.39 is 17.9 Å². The molecular formula is C27H28F3N3O3. The highest BCUT2D eigenvalue weighted by molar-refractivity contribution is 5.96. The van der Waals surface area contributed by atoms with Crippen molar-refractivity contribution in [1.82, 2.24) is 15.2 Å². The van der Waals surface area contributed by atoms with Gasteiger partial charge in [-0.1, -0.05) is 18.2 Å². The van der Waals surface area contributed by atoms with Crippen molar-refractivity contribution in [2.24, 2.45) is 0 Å². The van der Waals surface area contributed by atoms with Gasteiger partial charge in [0.05, 0.1) is 18.5 Å². The minimum absolute atomic E-state index is 0.133. The van der Waals surface area contributed by atoms with Crippen LogP contribution in [0.5, 0.6) is 5.75 Å². The Morgan fingerprint density at radius 2 is 1.89 bits per heavy atom. The number of benzene rings is 2. The molecule has 1 aliphatic rings. The van der Waals surface area contributed by atoms with Crippen LogP contribution in [0.15, 0.2) is 48.7 Å². The molecule has 6 nitrogen and oxygen atoms in total. The fraction of sp³-hybridized carbons (Fsp3) is 0.333. The zero-order valence-corrected chi connectivity index (χ0v) is 20.3. The monoisotopic (exact) mass is 499 g/mol. The van der Waals surface area contributed by atoms with Crippen LogP contribution in [-0.2, 0) is 0 Å². The molecule has 2 atom stereocenters. The van der Waals surface area contributed by atoms with Gasteiger partial charge in [-0.2, -0.15) is 0 Å². The number of aryl methyl sites for hydroxylation is 2. The van der Waals surface area contributed by atoms with E-state index in [4.69, 9.17) is 9.84 Å². The number of alkyl halides is 1. The summed E-state index contributed by atoms with van der Waals surface area (Å²) in [7, 11) is 0. The molecular weight excluding hydrogens is 471 g/mol. The van der Waals surface area contributed by atoms with Gasteiger partial charge in [0, 0.05) is 35.8 Å². The van der Waals surface area contributed by atoms with Gasteiger partial charge < -0.3 is 15.2 Å². The lowest BCUT2D eigenvalue weighted by molar-refractivity contribution is -0.0553. The number of aliphatic hydroxyl groups is 1. The van der Waals surface area contributed by atoms with Crippen LogP contribution in [0.25, 0.3) is 11.3 Å². The SMILES string of the molecule is Cc1cc(-c2ccc(OC3CN(C(F)c4ccc(C)c(F)c4F)C3)cn2)ccc1C(=O)N[C@H](C)CO. The third-order valence-corrected chi connectivity index (χ3v) is 6.22. The summed E-state index contributed by atoms with van der Waals surface area (Å²) in [6.07, 6.45) is -0.477. The van der Waals surface area contributed by atoms with Crippen LogP contribution in [0, 0.1) is 25.5 Å². The van der Waals surface area contributed by atoms with Crippen LogP contribution < -0.4 is 10.1 Å². The number of halogens is 3. The van der Waals surface area contributed by atoms with Crippen molar-refractivity contribution in [3.8, 4) is 17.0 Å². The topological polar surface area (TPSA) is 74.7 Å². The number of pyridine rings is 1. The van der Waals surface area contributed by atoms with E-state index in [1.165, 1.54) is 24.0 Å². The average molecular weight is 500 g/mol. The van der Waals surface area contributed by atoms with Gasteiger partial charge in [0.1, 0.15) is 11.9 Å². The van der Waals surface area contributed by atoms with Crippen molar-refractivity contribution in [3.63, 3.8) is 0 Å². The number of aromatic nitrogens is 1. The molecule has 0 radical (unpaired) electrons. The molecule has 4 rings (SSSR count). The second-order valence-corrected chi connectivity index (χ2v) is 9.10. The Morgan fingerprint density at radius 3 is 2.53 bits per heavy atom. The zero-order chi connectivity index (χ0) is 26.0. The van der Waals surface area contributed by atoms with E-state index in [2.05, 4.69) is 10.3 Å². The van der Waals surface area contributed by atoms with E-state index in [1.807, 2.05) is 13.0 Å². The fourth-order valence-corrected chi connectivity index (χ4v) is 4.01. The maximum Gasteiger partial charge on any atom is 0.251 e. The molecule has 0 spiro atoms. The van der Waals surface area contributed by atoms with Crippen molar-refractivity contribution in [3.05, 3.63) is 82.5 Å². The minimum Gasteiger partial charge on any atom is -0.486 e. The number of hydrogen-bond acceptors (Lipinski definition) is 5. The number of aliphatic hydroxyl groups excluding tert-OH is 1. The summed E-state index contributed by atoms with van der Waals surface area (Å²) >= 11 is 0. The normalized spacial score (nSPS) is 15.8. The Kier molecular flexibility index (Phi) is 7.61. The molecule has 0 aliphatic carbocycles. The molecule has 2 aromatic carbocycles. The van der Waals surface area contributed by atoms with Crippen molar-refractivity contribution in [2.75, 3.05) is 19.7 Å². The van der Waals surface area contributed by atoms with E-state index in [-0.39, 0.29) is 48.9 Å². The zero-order valence-electron chi connectivity index (χ0n) is 20.3. The van der Waals surface area contributed by atoms with Gasteiger partial charge in [0.15, 0.2) is 17.9 Å². The average Bonchev–Trinajstić information content (AvgIpc) is 2.84. The fourth-order valence-electron chi connectivity index (χ4n) is 4.01. The van der Waals surface area contributed by atoms with Gasteiger partial charge in [0.2, 0.25) is 0 Å². The van der Waals surface area contributed by atoms with Crippen molar-refractivity contribution >= 4 is 5.91 Å². The maximum absolute atomic E-state index is 14.7. The molecule has 1 unspecified atom stereocenters. The number of nitrogens with zero attached hydrogens (tertiary/aromatic N) is 2. The minimum atomic E-state index is -1.75. The van der Waals surface area contributed by atoms with Crippen molar-refractivity contribution < 1.29 is 27.8 Å². The molecule has 1 saturated heterocycles. The van der Waals surface area contributed by atoms with Crippen LogP contribution in [0.3, 0.4) is 0 Å².